The first kappa shape index (κ1) is 23.5. The molecule has 0 atom stereocenters. The summed E-state index contributed by atoms with van der Waals surface area (Å²) in [5.41, 5.74) is 3.71. The maximum absolute atomic E-state index is 12.7. The van der Waals surface area contributed by atoms with Crippen LogP contribution in [-0.2, 0) is 6.54 Å². The Labute approximate surface area is 212 Å². The molecule has 0 saturated carbocycles. The number of aromatic amines is 1. The van der Waals surface area contributed by atoms with Crippen molar-refractivity contribution in [2.24, 2.45) is 0 Å². The molecule has 5 rings (SSSR count). The van der Waals surface area contributed by atoms with Crippen molar-refractivity contribution in [3.8, 4) is 22.6 Å². The van der Waals surface area contributed by atoms with Gasteiger partial charge in [-0.15, -0.1) is 5.10 Å². The van der Waals surface area contributed by atoms with Crippen LogP contribution in [0.5, 0.6) is 0 Å². The van der Waals surface area contributed by atoms with E-state index in [-0.39, 0.29) is 0 Å². The molecule has 184 valence electrons. The Balaban J connectivity index is 1.53. The number of hydrogen-bond donors (Lipinski definition) is 3. The van der Waals surface area contributed by atoms with E-state index >= 15 is 0 Å². The minimum absolute atomic E-state index is 0.325. The number of H-pyrrole nitrogens is 1. The molecule has 5 aromatic rings. The average molecular weight is 494 g/mol. The molecule has 0 aliphatic carbocycles. The van der Waals surface area contributed by atoms with Crippen LogP contribution < -0.4 is 15.5 Å². The number of carbonyl (C=O) groups excluding carboxylic acids is 1. The molecule has 0 aliphatic rings. The zero-order valence-corrected chi connectivity index (χ0v) is 19.9. The Morgan fingerprint density at radius 2 is 1.70 bits per heavy atom. The van der Waals surface area contributed by atoms with Crippen molar-refractivity contribution in [2.45, 2.75) is 13.5 Å². The summed E-state index contributed by atoms with van der Waals surface area (Å²) in [5, 5.41) is 19.8. The van der Waals surface area contributed by atoms with Crippen LogP contribution in [0.25, 0.3) is 22.6 Å². The van der Waals surface area contributed by atoms with Crippen LogP contribution in [0.2, 0.25) is 0 Å². The number of anilines is 3. The predicted octanol–water partition coefficient (Wildman–Crippen LogP) is 3.78. The van der Waals surface area contributed by atoms with Gasteiger partial charge >= 0.3 is 6.03 Å². The van der Waals surface area contributed by atoms with E-state index < -0.39 is 6.03 Å². The molecule has 3 heterocycles. The van der Waals surface area contributed by atoms with Gasteiger partial charge in [-0.2, -0.15) is 4.98 Å². The molecule has 37 heavy (non-hydrogen) atoms. The van der Waals surface area contributed by atoms with Gasteiger partial charge in [0.2, 0.25) is 5.95 Å². The third kappa shape index (κ3) is 5.70. The second-order valence-electron chi connectivity index (χ2n) is 7.94. The van der Waals surface area contributed by atoms with Crippen molar-refractivity contribution in [3.63, 3.8) is 0 Å². The Morgan fingerprint density at radius 1 is 0.946 bits per heavy atom. The van der Waals surface area contributed by atoms with E-state index in [1.165, 1.54) is 18.7 Å². The monoisotopic (exact) mass is 493 g/mol. The summed E-state index contributed by atoms with van der Waals surface area (Å²) < 4.78 is 0. The molecule has 2 amide bonds. The molecule has 3 aromatic heterocycles. The number of urea groups is 1. The number of amides is 2. The highest BCUT2D eigenvalue weighted by atomic mass is 16.2. The predicted molar refractivity (Wildman–Crippen MR) is 138 cm³/mol. The van der Waals surface area contributed by atoms with Crippen molar-refractivity contribution in [1.29, 1.82) is 0 Å². The first-order valence-corrected chi connectivity index (χ1v) is 11.5. The number of carbonyl (C=O) groups is 1. The lowest BCUT2D eigenvalue weighted by atomic mass is 10.0. The van der Waals surface area contributed by atoms with Gasteiger partial charge < -0.3 is 10.2 Å². The quantitative estimate of drug-likeness (QED) is 0.293. The number of benzene rings is 2. The standard InChI is InChI=1S/C25H23N11O/c1-2-36(15-17-8-4-3-5-9-17)24-29-21(19-10-6-7-11-20(19)23-32-34-35-33-23)12-22(30-24)31-25(37)28-18-13-26-16-27-14-18/h3-14,16H,2,15H2,1H3,(H,32,33,34,35)(H2,28,29,30,31,37). The minimum atomic E-state index is -0.482. The van der Waals surface area contributed by atoms with Gasteiger partial charge in [0, 0.05) is 30.3 Å². The molecule has 0 radical (unpaired) electrons. The first-order valence-electron chi connectivity index (χ1n) is 11.5. The normalized spacial score (nSPS) is 10.6. The lowest BCUT2D eigenvalue weighted by Gasteiger charge is -2.22. The molecule has 2 aromatic carbocycles. The molecule has 0 fully saturated rings. The highest BCUT2D eigenvalue weighted by Crippen LogP contribution is 2.31. The molecule has 0 aliphatic heterocycles. The molecule has 0 saturated heterocycles. The average Bonchev–Trinajstić information content (AvgIpc) is 3.48. The highest BCUT2D eigenvalue weighted by molar-refractivity contribution is 5.99. The molecule has 12 heteroatoms. The number of tetrazole rings is 1. The maximum Gasteiger partial charge on any atom is 0.324 e. The van der Waals surface area contributed by atoms with Crippen molar-refractivity contribution in [3.05, 3.63) is 84.9 Å². The summed E-state index contributed by atoms with van der Waals surface area (Å²) in [4.78, 5) is 32.1. The first-order chi connectivity index (χ1) is 18.2. The largest absolute Gasteiger partial charge is 0.337 e. The summed E-state index contributed by atoms with van der Waals surface area (Å²) in [6.07, 6.45) is 4.40. The second-order valence-corrected chi connectivity index (χ2v) is 7.94. The van der Waals surface area contributed by atoms with Gasteiger partial charge in [-0.3, -0.25) is 5.32 Å². The lowest BCUT2D eigenvalue weighted by molar-refractivity contribution is 0.262. The zero-order chi connectivity index (χ0) is 25.5. The fourth-order valence-electron chi connectivity index (χ4n) is 3.73. The number of rotatable bonds is 8. The van der Waals surface area contributed by atoms with Crippen LogP contribution >= 0.6 is 0 Å². The van der Waals surface area contributed by atoms with Crippen molar-refractivity contribution < 1.29 is 4.79 Å². The molecule has 0 spiro atoms. The zero-order valence-electron chi connectivity index (χ0n) is 19.9. The fraction of sp³-hybridized carbons (Fsp3) is 0.120. The number of nitrogens with zero attached hydrogens (tertiary/aromatic N) is 8. The number of hydrogen-bond acceptors (Lipinski definition) is 9. The van der Waals surface area contributed by atoms with E-state index in [0.717, 1.165) is 16.7 Å². The van der Waals surface area contributed by atoms with E-state index in [4.69, 9.17) is 4.98 Å². The van der Waals surface area contributed by atoms with Crippen molar-refractivity contribution in [2.75, 3.05) is 22.1 Å². The van der Waals surface area contributed by atoms with Gasteiger partial charge in [-0.05, 0) is 22.9 Å². The molecule has 0 unspecified atom stereocenters. The van der Waals surface area contributed by atoms with Crippen LogP contribution in [0.3, 0.4) is 0 Å². The second kappa shape index (κ2) is 11.0. The van der Waals surface area contributed by atoms with E-state index in [9.17, 15) is 4.79 Å². The fourth-order valence-corrected chi connectivity index (χ4v) is 3.73. The Morgan fingerprint density at radius 3 is 2.43 bits per heavy atom. The van der Waals surface area contributed by atoms with Crippen LogP contribution in [0.1, 0.15) is 12.5 Å². The van der Waals surface area contributed by atoms with Crippen LogP contribution in [0.4, 0.5) is 22.2 Å². The van der Waals surface area contributed by atoms with Gasteiger partial charge in [0.05, 0.1) is 23.8 Å². The summed E-state index contributed by atoms with van der Waals surface area (Å²) in [7, 11) is 0. The van der Waals surface area contributed by atoms with Crippen LogP contribution in [0, 0.1) is 0 Å². The van der Waals surface area contributed by atoms with Gasteiger partial charge in [-0.1, -0.05) is 54.6 Å². The lowest BCUT2D eigenvalue weighted by Crippen LogP contribution is -2.26. The topological polar surface area (TPSA) is 150 Å². The minimum Gasteiger partial charge on any atom is -0.337 e. The number of aromatic nitrogens is 8. The third-order valence-electron chi connectivity index (χ3n) is 5.46. The van der Waals surface area contributed by atoms with Gasteiger partial charge in [0.15, 0.2) is 5.82 Å². The Kier molecular flexibility index (Phi) is 6.97. The molecule has 12 nitrogen and oxygen atoms in total. The van der Waals surface area contributed by atoms with E-state index in [2.05, 4.69) is 46.2 Å². The summed E-state index contributed by atoms with van der Waals surface area (Å²) in [6.45, 7) is 3.28. The SMILES string of the molecule is CCN(Cc1ccccc1)c1nc(NC(=O)Nc2cncnc2)cc(-c2ccccc2-c2nnn[nH]2)n1. The summed E-state index contributed by atoms with van der Waals surface area (Å²) >= 11 is 0. The smallest absolute Gasteiger partial charge is 0.324 e. The number of nitrogens with one attached hydrogen (secondary N) is 3. The van der Waals surface area contributed by atoms with Gasteiger partial charge in [0.25, 0.3) is 0 Å². The van der Waals surface area contributed by atoms with Crippen molar-refractivity contribution >= 4 is 23.5 Å². The molecular formula is C25H23N11O. The molecular weight excluding hydrogens is 470 g/mol. The van der Waals surface area contributed by atoms with Crippen LogP contribution in [0.15, 0.2) is 79.4 Å². The van der Waals surface area contributed by atoms with E-state index in [1.807, 2.05) is 66.4 Å². The van der Waals surface area contributed by atoms with Crippen LogP contribution in [-0.4, -0.2) is 53.1 Å². The highest BCUT2D eigenvalue weighted by Gasteiger charge is 2.17. The molecule has 0 bridgehead atoms. The van der Waals surface area contributed by atoms with Gasteiger partial charge in [-0.25, -0.2) is 24.8 Å². The Bertz CT molecular complexity index is 1460. The third-order valence-corrected chi connectivity index (χ3v) is 5.46. The summed E-state index contributed by atoms with van der Waals surface area (Å²) in [5.74, 6) is 1.29. The van der Waals surface area contributed by atoms with E-state index in [1.54, 1.807) is 6.07 Å². The van der Waals surface area contributed by atoms with Crippen molar-refractivity contribution in [1.82, 2.24) is 40.6 Å². The van der Waals surface area contributed by atoms with Gasteiger partial charge in [0.1, 0.15) is 12.1 Å². The Hall–Kier alpha value is -5.26. The maximum atomic E-state index is 12.7. The molecule has 3 N–H and O–H groups in total. The summed E-state index contributed by atoms with van der Waals surface area (Å²) in [6, 6.07) is 18.9. The van der Waals surface area contributed by atoms with E-state index in [0.29, 0.717) is 42.1 Å².